The molecule has 21 heavy (non-hydrogen) atoms. The lowest BCUT2D eigenvalue weighted by molar-refractivity contribution is -0.384. The summed E-state index contributed by atoms with van der Waals surface area (Å²) in [6.07, 6.45) is 2.94. The van der Waals surface area contributed by atoms with Gasteiger partial charge in [-0.2, -0.15) is 0 Å². The molecule has 1 aliphatic rings. The van der Waals surface area contributed by atoms with Gasteiger partial charge in [0.15, 0.2) is 0 Å². The van der Waals surface area contributed by atoms with Gasteiger partial charge in [0.25, 0.3) is 11.6 Å². The number of hydrogen-bond acceptors (Lipinski definition) is 5. The molecule has 0 spiro atoms. The largest absolute Gasteiger partial charge is 0.465 e. The van der Waals surface area contributed by atoms with E-state index in [1.165, 1.54) is 21.7 Å². The molecule has 1 aromatic rings. The lowest BCUT2D eigenvalue weighted by atomic mass is 10.3. The zero-order valence-corrected chi connectivity index (χ0v) is 11.9. The molecule has 2 rings (SSSR count). The van der Waals surface area contributed by atoms with Crippen LogP contribution in [-0.4, -0.2) is 45.5 Å². The van der Waals surface area contributed by atoms with E-state index in [1.54, 1.807) is 14.0 Å². The summed E-state index contributed by atoms with van der Waals surface area (Å²) >= 11 is 0. The molecule has 0 bridgehead atoms. The highest BCUT2D eigenvalue weighted by molar-refractivity contribution is 5.95. The highest BCUT2D eigenvalue weighted by Crippen LogP contribution is 2.29. The van der Waals surface area contributed by atoms with Gasteiger partial charge in [-0.05, 0) is 19.8 Å². The number of hydrogen-bond donors (Lipinski definition) is 0. The Labute approximate surface area is 121 Å². The molecular formula is C13H17N3O5. The molecule has 8 heteroatoms. The predicted molar refractivity (Wildman–Crippen MR) is 72.8 cm³/mol. The van der Waals surface area contributed by atoms with E-state index in [4.69, 9.17) is 4.74 Å². The van der Waals surface area contributed by atoms with E-state index in [9.17, 15) is 19.7 Å². The molecule has 0 saturated heterocycles. The molecule has 0 unspecified atom stereocenters. The van der Waals surface area contributed by atoms with Crippen molar-refractivity contribution >= 4 is 17.6 Å². The summed E-state index contributed by atoms with van der Waals surface area (Å²) in [6, 6.07) is 1.24. The minimum absolute atomic E-state index is 0.0101. The summed E-state index contributed by atoms with van der Waals surface area (Å²) < 4.78 is 6.27. The highest BCUT2D eigenvalue weighted by atomic mass is 16.6. The minimum Gasteiger partial charge on any atom is -0.465 e. The number of rotatable bonds is 6. The smallest absolute Gasteiger partial charge is 0.325 e. The third-order valence-electron chi connectivity index (χ3n) is 3.27. The summed E-state index contributed by atoms with van der Waals surface area (Å²) in [4.78, 5) is 35.7. The first-order valence-corrected chi connectivity index (χ1v) is 6.71. The number of amides is 1. The number of aromatic nitrogens is 1. The first kappa shape index (κ1) is 15.0. The van der Waals surface area contributed by atoms with Gasteiger partial charge in [0, 0.05) is 19.2 Å². The van der Waals surface area contributed by atoms with Crippen LogP contribution in [0.25, 0.3) is 0 Å². The molecule has 1 fully saturated rings. The molecule has 0 radical (unpaired) electrons. The van der Waals surface area contributed by atoms with Gasteiger partial charge in [-0.1, -0.05) is 0 Å². The van der Waals surface area contributed by atoms with Gasteiger partial charge in [-0.25, -0.2) is 0 Å². The average Bonchev–Trinajstić information content (AvgIpc) is 3.18. The number of nitrogens with zero attached hydrogens (tertiary/aromatic N) is 3. The monoisotopic (exact) mass is 295 g/mol. The molecular weight excluding hydrogens is 278 g/mol. The van der Waals surface area contributed by atoms with Crippen molar-refractivity contribution < 1.29 is 19.2 Å². The van der Waals surface area contributed by atoms with E-state index in [1.807, 2.05) is 0 Å². The van der Waals surface area contributed by atoms with E-state index < -0.39 is 10.9 Å². The zero-order valence-electron chi connectivity index (χ0n) is 11.9. The second-order valence-corrected chi connectivity index (χ2v) is 4.92. The lowest BCUT2D eigenvalue weighted by Gasteiger charge is -2.21. The Morgan fingerprint density at radius 1 is 1.52 bits per heavy atom. The third kappa shape index (κ3) is 3.39. The fourth-order valence-corrected chi connectivity index (χ4v) is 2.11. The quantitative estimate of drug-likeness (QED) is 0.445. The maximum Gasteiger partial charge on any atom is 0.325 e. The van der Waals surface area contributed by atoms with Crippen LogP contribution in [0.1, 0.15) is 30.3 Å². The van der Waals surface area contributed by atoms with Crippen LogP contribution in [-0.2, 0) is 16.6 Å². The second-order valence-electron chi connectivity index (χ2n) is 4.92. The molecule has 1 amide bonds. The van der Waals surface area contributed by atoms with Crippen molar-refractivity contribution in [1.29, 1.82) is 0 Å². The average molecular weight is 295 g/mol. The van der Waals surface area contributed by atoms with Gasteiger partial charge in [-0.15, -0.1) is 0 Å². The van der Waals surface area contributed by atoms with E-state index in [0.717, 1.165) is 12.8 Å². The van der Waals surface area contributed by atoms with Gasteiger partial charge >= 0.3 is 5.97 Å². The Bertz CT molecular complexity index is 576. The SMILES string of the molecule is CCOC(=O)CN(C(=O)c1cc([N+](=O)[O-])cn1C)C1CC1. The van der Waals surface area contributed by atoms with Gasteiger partial charge in [0.1, 0.15) is 12.2 Å². The van der Waals surface area contributed by atoms with Crippen LogP contribution in [0.15, 0.2) is 12.3 Å². The number of carbonyl (C=O) groups is 2. The number of nitro groups is 1. The molecule has 1 aliphatic carbocycles. The predicted octanol–water partition coefficient (Wildman–Crippen LogP) is 1.10. The van der Waals surface area contributed by atoms with Crippen molar-refractivity contribution in [2.24, 2.45) is 7.05 Å². The zero-order chi connectivity index (χ0) is 15.6. The summed E-state index contributed by atoms with van der Waals surface area (Å²) in [5, 5.41) is 10.8. The fraction of sp³-hybridized carbons (Fsp3) is 0.538. The Balaban J connectivity index is 2.18. The molecule has 114 valence electrons. The van der Waals surface area contributed by atoms with Crippen LogP contribution >= 0.6 is 0 Å². The van der Waals surface area contributed by atoms with Crippen LogP contribution in [0.5, 0.6) is 0 Å². The number of carbonyl (C=O) groups excluding carboxylic acids is 2. The summed E-state index contributed by atoms with van der Waals surface area (Å²) in [6.45, 7) is 1.82. The molecule has 0 N–H and O–H groups in total. The standard InChI is InChI=1S/C13H17N3O5/c1-3-21-12(17)8-15(9-4-5-9)13(18)11-6-10(16(19)20)7-14(11)2/h6-7,9H,3-5,8H2,1-2H3. The maximum atomic E-state index is 12.5. The Morgan fingerprint density at radius 2 is 2.19 bits per heavy atom. The summed E-state index contributed by atoms with van der Waals surface area (Å²) in [5.41, 5.74) is 0.0469. The number of aryl methyl sites for hydroxylation is 1. The first-order chi connectivity index (χ1) is 9.93. The van der Waals surface area contributed by atoms with Gasteiger partial charge in [0.05, 0.1) is 17.7 Å². The Kier molecular flexibility index (Phi) is 4.25. The van der Waals surface area contributed by atoms with Gasteiger partial charge in [0.2, 0.25) is 0 Å². The van der Waals surface area contributed by atoms with Crippen molar-refractivity contribution in [2.45, 2.75) is 25.8 Å². The Hall–Kier alpha value is -2.38. The third-order valence-corrected chi connectivity index (χ3v) is 3.27. The first-order valence-electron chi connectivity index (χ1n) is 6.71. The summed E-state index contributed by atoms with van der Waals surface area (Å²) in [5.74, 6) is -0.859. The van der Waals surface area contributed by atoms with Crippen LogP contribution < -0.4 is 0 Å². The van der Waals surface area contributed by atoms with E-state index in [0.29, 0.717) is 0 Å². The van der Waals surface area contributed by atoms with E-state index >= 15 is 0 Å². The molecule has 1 heterocycles. The van der Waals surface area contributed by atoms with Crippen molar-refractivity contribution in [1.82, 2.24) is 9.47 Å². The Morgan fingerprint density at radius 3 is 2.67 bits per heavy atom. The number of esters is 1. The molecule has 8 nitrogen and oxygen atoms in total. The molecule has 1 aromatic heterocycles. The van der Waals surface area contributed by atoms with Crippen LogP contribution in [0.3, 0.4) is 0 Å². The van der Waals surface area contributed by atoms with Crippen molar-refractivity contribution in [3.63, 3.8) is 0 Å². The second kappa shape index (κ2) is 5.94. The van der Waals surface area contributed by atoms with Crippen molar-refractivity contribution in [3.05, 3.63) is 28.1 Å². The van der Waals surface area contributed by atoms with Gasteiger partial charge < -0.3 is 14.2 Å². The van der Waals surface area contributed by atoms with Crippen LogP contribution in [0.2, 0.25) is 0 Å². The van der Waals surface area contributed by atoms with Gasteiger partial charge in [-0.3, -0.25) is 19.7 Å². The molecule has 0 aromatic carbocycles. The molecule has 0 atom stereocenters. The molecule has 1 saturated carbocycles. The highest BCUT2D eigenvalue weighted by Gasteiger charge is 2.36. The summed E-state index contributed by atoms with van der Waals surface area (Å²) in [7, 11) is 1.57. The number of ether oxygens (including phenoxy) is 1. The fourth-order valence-electron chi connectivity index (χ4n) is 2.11. The van der Waals surface area contributed by atoms with Crippen molar-refractivity contribution in [3.8, 4) is 0 Å². The van der Waals surface area contributed by atoms with Crippen molar-refractivity contribution in [2.75, 3.05) is 13.2 Å². The van der Waals surface area contributed by atoms with Crippen LogP contribution in [0, 0.1) is 10.1 Å². The van der Waals surface area contributed by atoms with Crippen LogP contribution in [0.4, 0.5) is 5.69 Å². The van der Waals surface area contributed by atoms with E-state index in [2.05, 4.69) is 0 Å². The molecule has 0 aliphatic heterocycles. The lowest BCUT2D eigenvalue weighted by Crippen LogP contribution is -2.39. The maximum absolute atomic E-state index is 12.5. The minimum atomic E-state index is -0.552. The van der Waals surface area contributed by atoms with E-state index in [-0.39, 0.29) is 36.5 Å². The normalized spacial score (nSPS) is 13.8. The topological polar surface area (TPSA) is 94.7 Å².